The van der Waals surface area contributed by atoms with Crippen LogP contribution < -0.4 is 15.4 Å². The van der Waals surface area contributed by atoms with Gasteiger partial charge in [-0.15, -0.1) is 0 Å². The fourth-order valence-electron chi connectivity index (χ4n) is 10.6. The monoisotopic (exact) mass is 888 g/mol. The number of benzene rings is 3. The number of alkyl carbamates (subject to hydrolysis) is 2. The summed E-state index contributed by atoms with van der Waals surface area (Å²) >= 11 is 0. The number of amides is 4. The Kier molecular flexibility index (Phi) is 12.5. The fraction of sp³-hybridized carbons (Fsp3) is 0.510. The van der Waals surface area contributed by atoms with Gasteiger partial charge in [-0.3, -0.25) is 9.59 Å². The number of hydrogen-bond donors (Lipinski definition) is 4. The minimum atomic E-state index is -0.721. The van der Waals surface area contributed by atoms with Gasteiger partial charge in [0.25, 0.3) is 0 Å². The summed E-state index contributed by atoms with van der Waals surface area (Å²) < 4.78 is 21.9. The highest BCUT2D eigenvalue weighted by atomic mass is 16.5. The summed E-state index contributed by atoms with van der Waals surface area (Å²) in [4.78, 5) is 74.3. The zero-order valence-electron chi connectivity index (χ0n) is 38.1. The van der Waals surface area contributed by atoms with Crippen LogP contribution in [0, 0.1) is 11.8 Å². The molecule has 3 aromatic carbocycles. The van der Waals surface area contributed by atoms with E-state index >= 15 is 0 Å². The molecule has 16 heteroatoms. The fourth-order valence-corrected chi connectivity index (χ4v) is 10.6. The van der Waals surface area contributed by atoms with Gasteiger partial charge in [-0.2, -0.15) is 0 Å². The van der Waals surface area contributed by atoms with Gasteiger partial charge in [0.2, 0.25) is 11.8 Å². The SMILES string of the molecule is CC[C@H]1CC[C@@H](c2nc3c(ccc4cc5c(cc43)OCc3cc(-c4cnc([C@@H]6CC[C@H](C)N6C(=O)[C@@H](NC(=O)OC)[C@@H](C)CC)[nH]4)ccc3-5)[nH]2)N1C(=O)[C@@H](NC(=O)OC)C1CCOCC1. The summed E-state index contributed by atoms with van der Waals surface area (Å²) in [6, 6.07) is 12.8. The number of aromatic nitrogens is 4. The zero-order valence-corrected chi connectivity index (χ0v) is 38.1. The van der Waals surface area contributed by atoms with Gasteiger partial charge >= 0.3 is 12.2 Å². The molecule has 0 aliphatic carbocycles. The molecule has 4 N–H and O–H groups in total. The lowest BCUT2D eigenvalue weighted by molar-refractivity contribution is -0.139. The standard InChI is InChI=1S/C49H60N8O8/c1-7-26(3)41(54-48(60)62-5)46(58)56-27(4)9-15-38(56)44-50-24-37(52-44)30-10-13-33-31(21-30)25-65-40-23-34-29(22-35(33)40)11-14-36-43(34)53-45(51-36)39-16-12-32(8-2)57(39)47(59)42(55-49(61)63-6)28-17-19-64-20-18-28/h10-11,13-14,21-24,26-28,32,38-39,41-42H,7-9,12,15-20,25H2,1-6H3,(H,50,52)(H,51,53)(H,54,60)(H,55,61)/t26-,27-,32-,38-,39-,41-,42-/m0/s1. The van der Waals surface area contributed by atoms with E-state index < -0.39 is 24.3 Å². The molecule has 4 aliphatic heterocycles. The molecule has 7 atom stereocenters. The third-order valence-electron chi connectivity index (χ3n) is 14.5. The molecule has 0 unspecified atom stereocenters. The van der Waals surface area contributed by atoms with Crippen molar-refractivity contribution in [3.05, 3.63) is 65.9 Å². The van der Waals surface area contributed by atoms with E-state index in [1.807, 2.05) is 42.8 Å². The number of imidazole rings is 2. The summed E-state index contributed by atoms with van der Waals surface area (Å²) in [6.07, 6.45) is 6.62. The van der Waals surface area contributed by atoms with E-state index in [-0.39, 0.29) is 47.8 Å². The number of fused-ring (bicyclic) bond motifs is 6. The topological polar surface area (TPSA) is 193 Å². The van der Waals surface area contributed by atoms with Crippen LogP contribution in [0.4, 0.5) is 9.59 Å². The molecule has 4 aliphatic rings. The number of nitrogens with zero attached hydrogens (tertiary/aromatic N) is 4. The maximum atomic E-state index is 14.5. The molecule has 9 rings (SSSR count). The Bertz CT molecular complexity index is 2600. The molecule has 4 amide bonds. The summed E-state index contributed by atoms with van der Waals surface area (Å²) in [5.41, 5.74) is 6.61. The second-order valence-corrected chi connectivity index (χ2v) is 18.1. The van der Waals surface area contributed by atoms with Gasteiger partial charge in [0.1, 0.15) is 36.1 Å². The van der Waals surface area contributed by atoms with Gasteiger partial charge in [-0.1, -0.05) is 45.4 Å². The molecule has 6 heterocycles. The van der Waals surface area contributed by atoms with Crippen molar-refractivity contribution in [1.29, 1.82) is 0 Å². The molecule has 5 aromatic rings. The smallest absolute Gasteiger partial charge is 0.407 e. The van der Waals surface area contributed by atoms with E-state index in [9.17, 15) is 19.2 Å². The summed E-state index contributed by atoms with van der Waals surface area (Å²) in [6.45, 7) is 9.58. The summed E-state index contributed by atoms with van der Waals surface area (Å²) in [5.74, 6) is 1.83. The Hall–Kier alpha value is -6.16. The van der Waals surface area contributed by atoms with Crippen LogP contribution in [-0.4, -0.2) is 105 Å². The van der Waals surface area contributed by atoms with E-state index in [4.69, 9.17) is 28.9 Å². The van der Waals surface area contributed by atoms with Crippen molar-refractivity contribution >= 4 is 45.8 Å². The second kappa shape index (κ2) is 18.4. The van der Waals surface area contributed by atoms with E-state index in [0.717, 1.165) is 99.9 Å². The van der Waals surface area contributed by atoms with Crippen LogP contribution in [0.1, 0.15) is 108 Å². The minimum absolute atomic E-state index is 0.0123. The number of carbonyl (C=O) groups is 4. The average Bonchev–Trinajstić information content (AvgIpc) is 4.17. The summed E-state index contributed by atoms with van der Waals surface area (Å²) in [5, 5.41) is 7.63. The third kappa shape index (κ3) is 8.25. The number of aromatic amines is 2. The molecule has 3 saturated heterocycles. The number of nitrogens with one attached hydrogen (secondary N) is 4. The normalized spacial score (nSPS) is 22.2. The summed E-state index contributed by atoms with van der Waals surface area (Å²) in [7, 11) is 2.62. The molecule has 16 nitrogen and oxygen atoms in total. The van der Waals surface area contributed by atoms with E-state index in [1.165, 1.54) is 14.2 Å². The quantitative estimate of drug-likeness (QED) is 0.101. The molecule has 3 fully saturated rings. The Morgan fingerprint density at radius 1 is 0.846 bits per heavy atom. The van der Waals surface area contributed by atoms with Crippen LogP contribution in [0.15, 0.2) is 48.7 Å². The van der Waals surface area contributed by atoms with Crippen molar-refractivity contribution < 1.29 is 38.1 Å². The molecular weight excluding hydrogens is 829 g/mol. The van der Waals surface area contributed by atoms with Crippen molar-refractivity contribution in [2.45, 2.75) is 122 Å². The highest BCUT2D eigenvalue weighted by Gasteiger charge is 2.45. The van der Waals surface area contributed by atoms with Crippen LogP contribution in [-0.2, 0) is 30.4 Å². The van der Waals surface area contributed by atoms with Gasteiger partial charge in [0.15, 0.2) is 0 Å². The van der Waals surface area contributed by atoms with Gasteiger partial charge in [0.05, 0.1) is 49.2 Å². The first-order valence-electron chi connectivity index (χ1n) is 23.2. The van der Waals surface area contributed by atoms with Crippen LogP contribution in [0.2, 0.25) is 0 Å². The number of ether oxygens (including phenoxy) is 4. The number of rotatable bonds is 11. The predicted octanol–water partition coefficient (Wildman–Crippen LogP) is 8.08. The van der Waals surface area contributed by atoms with Crippen molar-refractivity contribution in [2.75, 3.05) is 27.4 Å². The van der Waals surface area contributed by atoms with Crippen LogP contribution in [0.25, 0.3) is 44.2 Å². The van der Waals surface area contributed by atoms with Gasteiger partial charge in [-0.25, -0.2) is 19.6 Å². The molecule has 0 saturated carbocycles. The number of H-pyrrole nitrogens is 2. The first-order valence-corrected chi connectivity index (χ1v) is 23.2. The van der Waals surface area contributed by atoms with E-state index in [0.29, 0.717) is 38.5 Å². The van der Waals surface area contributed by atoms with Crippen molar-refractivity contribution in [3.8, 4) is 28.1 Å². The molecule has 0 bridgehead atoms. The van der Waals surface area contributed by atoms with Crippen LogP contribution >= 0.6 is 0 Å². The number of likely N-dealkylation sites (tertiary alicyclic amines) is 2. The largest absolute Gasteiger partial charge is 0.488 e. The molecule has 65 heavy (non-hydrogen) atoms. The maximum Gasteiger partial charge on any atom is 0.407 e. The second-order valence-electron chi connectivity index (χ2n) is 18.1. The highest BCUT2D eigenvalue weighted by Crippen LogP contribution is 2.44. The third-order valence-corrected chi connectivity index (χ3v) is 14.5. The molecule has 344 valence electrons. The first-order chi connectivity index (χ1) is 31.5. The van der Waals surface area contributed by atoms with Crippen molar-refractivity contribution in [3.63, 3.8) is 0 Å². The average molecular weight is 889 g/mol. The van der Waals surface area contributed by atoms with Gasteiger partial charge in [0, 0.05) is 36.2 Å². The lowest BCUT2D eigenvalue weighted by Gasteiger charge is -2.36. The van der Waals surface area contributed by atoms with Crippen molar-refractivity contribution in [2.24, 2.45) is 11.8 Å². The van der Waals surface area contributed by atoms with E-state index in [1.54, 1.807) is 0 Å². The Balaban J connectivity index is 0.969. The van der Waals surface area contributed by atoms with E-state index in [2.05, 4.69) is 63.9 Å². The Morgan fingerprint density at radius 2 is 1.60 bits per heavy atom. The van der Waals surface area contributed by atoms with Crippen LogP contribution in [0.3, 0.4) is 0 Å². The van der Waals surface area contributed by atoms with Gasteiger partial charge in [-0.05, 0) is 110 Å². The molecular formula is C49H60N8O8. The Labute approximate surface area is 378 Å². The minimum Gasteiger partial charge on any atom is -0.488 e. The highest BCUT2D eigenvalue weighted by molar-refractivity contribution is 6.07. The number of methoxy groups -OCH3 is 2. The molecule has 0 radical (unpaired) electrons. The maximum absolute atomic E-state index is 14.5. The predicted molar refractivity (Wildman–Crippen MR) is 244 cm³/mol. The first kappa shape index (κ1) is 44.1. The Morgan fingerprint density at radius 3 is 2.35 bits per heavy atom. The molecule has 0 spiro atoms. The van der Waals surface area contributed by atoms with Crippen LogP contribution in [0.5, 0.6) is 5.75 Å². The molecule has 2 aromatic heterocycles. The van der Waals surface area contributed by atoms with Gasteiger partial charge < -0.3 is 49.3 Å². The zero-order chi connectivity index (χ0) is 45.5. The number of carbonyl (C=O) groups excluding carboxylic acids is 4. The number of hydrogen-bond acceptors (Lipinski definition) is 10. The van der Waals surface area contributed by atoms with Crippen molar-refractivity contribution in [1.82, 2.24) is 40.4 Å². The lowest BCUT2D eigenvalue weighted by atomic mass is 9.90. The lowest BCUT2D eigenvalue weighted by Crippen LogP contribution is -2.54.